The lowest BCUT2D eigenvalue weighted by Gasteiger charge is -2.26. The van der Waals surface area contributed by atoms with Gasteiger partial charge in [0.25, 0.3) is 0 Å². The van der Waals surface area contributed by atoms with Crippen molar-refractivity contribution in [1.29, 1.82) is 0 Å². The summed E-state index contributed by atoms with van der Waals surface area (Å²) >= 11 is 1.74. The van der Waals surface area contributed by atoms with Crippen molar-refractivity contribution in [3.8, 4) is 11.5 Å². The number of carbonyl (C=O) groups is 1. The number of anilines is 1. The average molecular weight is 372 g/mol. The van der Waals surface area contributed by atoms with E-state index in [1.807, 2.05) is 55.1 Å². The Morgan fingerprint density at radius 3 is 2.54 bits per heavy atom. The van der Waals surface area contributed by atoms with Gasteiger partial charge in [-0.3, -0.25) is 0 Å². The van der Waals surface area contributed by atoms with Crippen molar-refractivity contribution >= 4 is 23.5 Å². The van der Waals surface area contributed by atoms with Crippen LogP contribution in [0.5, 0.6) is 11.5 Å². The predicted molar refractivity (Wildman–Crippen MR) is 106 cm³/mol. The van der Waals surface area contributed by atoms with Gasteiger partial charge in [-0.25, -0.2) is 4.79 Å². The van der Waals surface area contributed by atoms with Crippen molar-refractivity contribution in [1.82, 2.24) is 4.90 Å². The fraction of sp³-hybridized carbons (Fsp3) is 0.350. The highest BCUT2D eigenvalue weighted by molar-refractivity contribution is 7.99. The first-order valence-corrected chi connectivity index (χ1v) is 9.57. The van der Waals surface area contributed by atoms with Crippen LogP contribution in [0.3, 0.4) is 0 Å². The number of methoxy groups -OCH3 is 2. The first-order valence-electron chi connectivity index (χ1n) is 8.52. The highest BCUT2D eigenvalue weighted by atomic mass is 32.2. The Morgan fingerprint density at radius 1 is 1.15 bits per heavy atom. The van der Waals surface area contributed by atoms with Crippen LogP contribution in [0, 0.1) is 13.8 Å². The van der Waals surface area contributed by atoms with Crippen LogP contribution in [0.4, 0.5) is 10.5 Å². The molecule has 0 aromatic heterocycles. The van der Waals surface area contributed by atoms with E-state index in [9.17, 15) is 4.79 Å². The molecule has 0 aliphatic carbocycles. The van der Waals surface area contributed by atoms with Gasteiger partial charge in [0.15, 0.2) is 0 Å². The summed E-state index contributed by atoms with van der Waals surface area (Å²) in [4.78, 5) is 14.8. The van der Waals surface area contributed by atoms with E-state index in [1.54, 1.807) is 26.0 Å². The molecule has 0 radical (unpaired) electrons. The zero-order valence-electron chi connectivity index (χ0n) is 15.5. The number of hydrogen-bond donors (Lipinski definition) is 1. The second kappa shape index (κ2) is 7.91. The maximum absolute atomic E-state index is 13.0. The molecule has 1 heterocycles. The quantitative estimate of drug-likeness (QED) is 0.852. The monoisotopic (exact) mass is 372 g/mol. The van der Waals surface area contributed by atoms with Gasteiger partial charge in [0.05, 0.1) is 14.2 Å². The molecular formula is C20H24N2O3S. The lowest BCUT2D eigenvalue weighted by Crippen LogP contribution is -2.34. The van der Waals surface area contributed by atoms with Gasteiger partial charge in [0.2, 0.25) is 0 Å². The smallest absolute Gasteiger partial charge is 0.323 e. The molecule has 1 fully saturated rings. The minimum Gasteiger partial charge on any atom is -0.497 e. The van der Waals surface area contributed by atoms with E-state index in [0.29, 0.717) is 6.54 Å². The summed E-state index contributed by atoms with van der Waals surface area (Å²) in [6, 6.07) is 11.7. The van der Waals surface area contributed by atoms with Crippen LogP contribution < -0.4 is 14.8 Å². The normalized spacial score (nSPS) is 16.5. The third kappa shape index (κ3) is 3.60. The first kappa shape index (κ1) is 18.5. The number of rotatable bonds is 4. The number of amides is 2. The number of nitrogens with one attached hydrogen (secondary N) is 1. The molecule has 26 heavy (non-hydrogen) atoms. The molecule has 138 valence electrons. The Bertz CT molecular complexity index is 789. The Morgan fingerprint density at radius 2 is 1.88 bits per heavy atom. The van der Waals surface area contributed by atoms with Crippen molar-refractivity contribution in [2.75, 3.05) is 31.8 Å². The minimum atomic E-state index is -0.0877. The standard InChI is InChI=1S/C20H24N2O3S/c1-13-6-5-7-14(2)18(13)21-20(23)22-10-11-26-19(22)16-9-8-15(24-3)12-17(16)25-4/h5-9,12,19H,10-11H2,1-4H3,(H,21,23). The summed E-state index contributed by atoms with van der Waals surface area (Å²) in [7, 11) is 3.27. The van der Waals surface area contributed by atoms with Crippen LogP contribution >= 0.6 is 11.8 Å². The molecular weight excluding hydrogens is 348 g/mol. The third-order valence-electron chi connectivity index (χ3n) is 4.57. The van der Waals surface area contributed by atoms with E-state index < -0.39 is 0 Å². The summed E-state index contributed by atoms with van der Waals surface area (Å²) in [6.07, 6.45) is 0. The predicted octanol–water partition coefficient (Wildman–Crippen LogP) is 4.60. The summed E-state index contributed by atoms with van der Waals surface area (Å²) in [5.41, 5.74) is 3.98. The van der Waals surface area contributed by atoms with Crippen molar-refractivity contribution < 1.29 is 14.3 Å². The van der Waals surface area contributed by atoms with Gasteiger partial charge in [0.1, 0.15) is 16.9 Å². The van der Waals surface area contributed by atoms with Crippen molar-refractivity contribution in [2.45, 2.75) is 19.2 Å². The summed E-state index contributed by atoms with van der Waals surface area (Å²) in [5.74, 6) is 2.36. The topological polar surface area (TPSA) is 50.8 Å². The molecule has 1 atom stereocenters. The molecule has 1 aliphatic rings. The van der Waals surface area contributed by atoms with E-state index in [2.05, 4.69) is 5.32 Å². The van der Waals surface area contributed by atoms with Crippen LogP contribution in [-0.4, -0.2) is 37.4 Å². The van der Waals surface area contributed by atoms with Crippen LogP contribution in [0.15, 0.2) is 36.4 Å². The molecule has 6 heteroatoms. The Hall–Kier alpha value is -2.34. The van der Waals surface area contributed by atoms with Crippen LogP contribution in [-0.2, 0) is 0 Å². The number of benzene rings is 2. The van der Waals surface area contributed by atoms with E-state index >= 15 is 0 Å². The highest BCUT2D eigenvalue weighted by Crippen LogP contribution is 2.43. The number of ether oxygens (including phenoxy) is 2. The number of para-hydroxylation sites is 1. The van der Waals surface area contributed by atoms with Crippen molar-refractivity contribution in [3.05, 3.63) is 53.1 Å². The van der Waals surface area contributed by atoms with E-state index in [0.717, 1.165) is 39.6 Å². The van der Waals surface area contributed by atoms with Gasteiger partial charge < -0.3 is 19.7 Å². The average Bonchev–Trinajstić information content (AvgIpc) is 3.13. The summed E-state index contributed by atoms with van der Waals surface area (Å²) in [6.45, 7) is 4.71. The second-order valence-corrected chi connectivity index (χ2v) is 7.41. The lowest BCUT2D eigenvalue weighted by molar-refractivity contribution is 0.213. The Balaban J connectivity index is 1.85. The maximum atomic E-state index is 13.0. The molecule has 0 saturated carbocycles. The van der Waals surface area contributed by atoms with Crippen LogP contribution in [0.1, 0.15) is 22.1 Å². The number of urea groups is 1. The van der Waals surface area contributed by atoms with Crippen molar-refractivity contribution in [3.63, 3.8) is 0 Å². The van der Waals surface area contributed by atoms with Crippen molar-refractivity contribution in [2.24, 2.45) is 0 Å². The largest absolute Gasteiger partial charge is 0.497 e. The maximum Gasteiger partial charge on any atom is 0.323 e. The fourth-order valence-corrected chi connectivity index (χ4v) is 4.43. The molecule has 5 nitrogen and oxygen atoms in total. The van der Waals surface area contributed by atoms with E-state index in [1.165, 1.54) is 0 Å². The molecule has 2 aromatic rings. The molecule has 1 unspecified atom stereocenters. The highest BCUT2D eigenvalue weighted by Gasteiger charge is 2.33. The number of aryl methyl sites for hydroxylation is 2. The zero-order valence-corrected chi connectivity index (χ0v) is 16.4. The van der Waals surface area contributed by atoms with E-state index in [-0.39, 0.29) is 11.4 Å². The third-order valence-corrected chi connectivity index (χ3v) is 5.81. The SMILES string of the molecule is COc1ccc(C2SCCN2C(=O)Nc2c(C)cccc2C)c(OC)c1. The molecule has 1 aliphatic heterocycles. The Kier molecular flexibility index (Phi) is 5.61. The fourth-order valence-electron chi connectivity index (χ4n) is 3.15. The van der Waals surface area contributed by atoms with Crippen LogP contribution in [0.25, 0.3) is 0 Å². The molecule has 3 rings (SSSR count). The summed E-state index contributed by atoms with van der Waals surface area (Å²) in [5, 5.41) is 3.01. The van der Waals surface area contributed by atoms with Gasteiger partial charge in [-0.15, -0.1) is 11.8 Å². The van der Waals surface area contributed by atoms with Gasteiger partial charge in [-0.05, 0) is 37.1 Å². The summed E-state index contributed by atoms with van der Waals surface area (Å²) < 4.78 is 10.8. The number of hydrogen-bond acceptors (Lipinski definition) is 4. The first-order chi connectivity index (χ1) is 12.5. The van der Waals surface area contributed by atoms with Gasteiger partial charge >= 0.3 is 6.03 Å². The van der Waals surface area contributed by atoms with Crippen LogP contribution in [0.2, 0.25) is 0 Å². The Labute approximate surface area is 158 Å². The molecule has 2 amide bonds. The van der Waals surface area contributed by atoms with Gasteiger partial charge in [0, 0.05) is 29.6 Å². The number of nitrogens with zero attached hydrogens (tertiary/aromatic N) is 1. The molecule has 0 spiro atoms. The number of carbonyl (C=O) groups excluding carboxylic acids is 1. The lowest BCUT2D eigenvalue weighted by atomic mass is 10.1. The molecule has 1 saturated heterocycles. The molecule has 1 N–H and O–H groups in total. The number of thioether (sulfide) groups is 1. The van der Waals surface area contributed by atoms with Gasteiger partial charge in [-0.1, -0.05) is 18.2 Å². The zero-order chi connectivity index (χ0) is 18.7. The molecule has 2 aromatic carbocycles. The molecule has 0 bridgehead atoms. The van der Waals surface area contributed by atoms with Gasteiger partial charge in [-0.2, -0.15) is 0 Å². The second-order valence-electron chi connectivity index (χ2n) is 6.22. The van der Waals surface area contributed by atoms with E-state index in [4.69, 9.17) is 9.47 Å². The minimum absolute atomic E-state index is 0.0832.